The molecular weight excluding hydrogens is 362 g/mol. The number of aliphatic carboxylic acids is 1. The van der Waals surface area contributed by atoms with Gasteiger partial charge in [-0.2, -0.15) is 0 Å². The maximum atomic E-state index is 13.7. The second-order valence-electron chi connectivity index (χ2n) is 5.31. The van der Waals surface area contributed by atoms with Crippen LogP contribution >= 0.6 is 23.2 Å². The van der Waals surface area contributed by atoms with E-state index in [1.54, 1.807) is 11.5 Å². The topological polar surface area (TPSA) is 88.3 Å². The number of fused-ring (bicyclic) bond motifs is 1. The Kier molecular flexibility index (Phi) is 4.18. The fourth-order valence-electron chi connectivity index (χ4n) is 2.58. The van der Waals surface area contributed by atoms with Gasteiger partial charge >= 0.3 is 5.97 Å². The lowest BCUT2D eigenvalue weighted by atomic mass is 10.1. The molecule has 1 aliphatic heterocycles. The smallest absolute Gasteiger partial charge is 0.328 e. The number of carbonyl (C=O) groups excluding carboxylic acids is 1. The molecule has 1 atom stereocenters. The van der Waals surface area contributed by atoms with Crippen molar-refractivity contribution in [2.24, 2.45) is 0 Å². The number of aryl methyl sites for hydroxylation is 1. The number of rotatable bonds is 2. The van der Waals surface area contributed by atoms with Crippen molar-refractivity contribution in [3.63, 3.8) is 0 Å². The van der Waals surface area contributed by atoms with Crippen molar-refractivity contribution in [2.75, 3.05) is 0 Å². The summed E-state index contributed by atoms with van der Waals surface area (Å²) in [5.74, 6) is -1.71. The minimum absolute atomic E-state index is 0.00291. The normalized spacial score (nSPS) is 16.8. The average Bonchev–Trinajstić information content (AvgIpc) is 2.89. The Morgan fingerprint density at radius 3 is 2.67 bits per heavy atom. The van der Waals surface area contributed by atoms with Gasteiger partial charge in [-0.05, 0) is 19.1 Å². The van der Waals surface area contributed by atoms with Gasteiger partial charge in [0.25, 0.3) is 5.91 Å². The van der Waals surface area contributed by atoms with Crippen molar-refractivity contribution in [3.8, 4) is 0 Å². The molecule has 0 bridgehead atoms. The molecule has 10 heteroatoms. The number of aromatic nitrogens is 3. The molecule has 0 aliphatic carbocycles. The second-order valence-corrected chi connectivity index (χ2v) is 6.12. The third-order valence-electron chi connectivity index (χ3n) is 3.84. The van der Waals surface area contributed by atoms with Gasteiger partial charge in [0, 0.05) is 0 Å². The number of carboxylic acids is 1. The van der Waals surface area contributed by atoms with Crippen LogP contribution in [0.5, 0.6) is 0 Å². The summed E-state index contributed by atoms with van der Waals surface area (Å²) in [6.45, 7) is 1.62. The van der Waals surface area contributed by atoms with Crippen molar-refractivity contribution in [1.82, 2.24) is 19.7 Å². The number of hydrogen-bond donors (Lipinski definition) is 1. The van der Waals surface area contributed by atoms with Gasteiger partial charge in [-0.3, -0.25) is 4.79 Å². The molecular formula is C14H11Cl2FN4O3. The first kappa shape index (κ1) is 16.7. The summed E-state index contributed by atoms with van der Waals surface area (Å²) in [7, 11) is 0. The van der Waals surface area contributed by atoms with Crippen LogP contribution in [0.1, 0.15) is 22.0 Å². The molecule has 2 heterocycles. The van der Waals surface area contributed by atoms with E-state index in [0.29, 0.717) is 11.6 Å². The molecule has 1 aromatic carbocycles. The van der Waals surface area contributed by atoms with Crippen molar-refractivity contribution in [2.45, 2.75) is 26.1 Å². The largest absolute Gasteiger partial charge is 0.480 e. The monoisotopic (exact) mass is 372 g/mol. The Morgan fingerprint density at radius 1 is 1.29 bits per heavy atom. The highest BCUT2D eigenvalue weighted by atomic mass is 35.5. The maximum absolute atomic E-state index is 13.7. The standard InChI is InChI=1S/C14H11Cl2FN4O3/c1-6-18-19-12-5-21(11(14(23)24)4-20(6)12)13(22)7-2-10(17)9(16)3-8(7)15/h2-3,11H,4-5H2,1H3,(H,23,24). The summed E-state index contributed by atoms with van der Waals surface area (Å²) in [5.41, 5.74) is -0.158. The molecule has 1 aromatic heterocycles. The van der Waals surface area contributed by atoms with Crippen molar-refractivity contribution in [1.29, 1.82) is 0 Å². The molecule has 0 fully saturated rings. The van der Waals surface area contributed by atoms with Gasteiger partial charge in [-0.15, -0.1) is 10.2 Å². The van der Waals surface area contributed by atoms with Crippen LogP contribution in [0.2, 0.25) is 10.0 Å². The zero-order valence-electron chi connectivity index (χ0n) is 12.3. The first-order chi connectivity index (χ1) is 11.3. The summed E-state index contributed by atoms with van der Waals surface area (Å²) in [4.78, 5) is 25.4. The van der Waals surface area contributed by atoms with Crippen LogP contribution in [0.25, 0.3) is 0 Å². The Bertz CT molecular complexity index is 855. The highest BCUT2D eigenvalue weighted by molar-refractivity contribution is 6.36. The lowest BCUT2D eigenvalue weighted by Gasteiger charge is -2.33. The molecule has 24 heavy (non-hydrogen) atoms. The molecule has 126 valence electrons. The Balaban J connectivity index is 2.02. The zero-order chi connectivity index (χ0) is 17.6. The number of carboxylic acid groups (broad SMARTS) is 1. The second kappa shape index (κ2) is 6.03. The molecule has 3 rings (SSSR count). The molecule has 0 spiro atoms. The SMILES string of the molecule is Cc1nnc2n1CC(C(=O)O)N(C(=O)c1cc(F)c(Cl)cc1Cl)C2. The average molecular weight is 373 g/mol. The third kappa shape index (κ3) is 2.71. The van der Waals surface area contributed by atoms with Crippen molar-refractivity contribution >= 4 is 35.1 Å². The maximum Gasteiger partial charge on any atom is 0.328 e. The van der Waals surface area contributed by atoms with Crippen LogP contribution in [0.15, 0.2) is 12.1 Å². The fraction of sp³-hybridized carbons (Fsp3) is 0.286. The molecule has 0 saturated heterocycles. The van der Waals surface area contributed by atoms with E-state index in [2.05, 4.69) is 10.2 Å². The van der Waals surface area contributed by atoms with E-state index in [-0.39, 0.29) is 28.7 Å². The Hall–Kier alpha value is -2.19. The summed E-state index contributed by atoms with van der Waals surface area (Å²) < 4.78 is 15.3. The molecule has 0 radical (unpaired) electrons. The van der Waals surface area contributed by atoms with Gasteiger partial charge in [0.05, 0.1) is 28.7 Å². The third-order valence-corrected chi connectivity index (χ3v) is 4.44. The lowest BCUT2D eigenvalue weighted by molar-refractivity contribution is -0.143. The van der Waals surface area contributed by atoms with Gasteiger partial charge in [-0.1, -0.05) is 23.2 Å². The molecule has 7 nitrogen and oxygen atoms in total. The van der Waals surface area contributed by atoms with Crippen LogP contribution in [0, 0.1) is 12.7 Å². The molecule has 1 N–H and O–H groups in total. The molecule has 2 aromatic rings. The molecule has 0 saturated carbocycles. The first-order valence-corrected chi connectivity index (χ1v) is 7.62. The highest BCUT2D eigenvalue weighted by Crippen LogP contribution is 2.28. The van der Waals surface area contributed by atoms with E-state index in [9.17, 15) is 19.1 Å². The van der Waals surface area contributed by atoms with E-state index in [1.807, 2.05) is 0 Å². The van der Waals surface area contributed by atoms with Crippen LogP contribution in [0.4, 0.5) is 4.39 Å². The van der Waals surface area contributed by atoms with Crippen LogP contribution in [-0.2, 0) is 17.9 Å². The summed E-state index contributed by atoms with van der Waals surface area (Å²) >= 11 is 11.6. The van der Waals surface area contributed by atoms with E-state index < -0.39 is 23.7 Å². The quantitative estimate of drug-likeness (QED) is 0.815. The Labute approximate surface area is 145 Å². The van der Waals surface area contributed by atoms with Crippen LogP contribution in [0.3, 0.4) is 0 Å². The number of halogens is 3. The summed E-state index contributed by atoms with van der Waals surface area (Å²) in [5, 5.41) is 17.0. The summed E-state index contributed by atoms with van der Waals surface area (Å²) in [6.07, 6.45) is 0. The first-order valence-electron chi connectivity index (χ1n) is 6.86. The van der Waals surface area contributed by atoms with Crippen LogP contribution in [-0.4, -0.2) is 42.7 Å². The van der Waals surface area contributed by atoms with Gasteiger partial charge in [0.1, 0.15) is 17.7 Å². The summed E-state index contributed by atoms with van der Waals surface area (Å²) in [6, 6.07) is 0.864. The number of amides is 1. The van der Waals surface area contributed by atoms with E-state index in [1.165, 1.54) is 0 Å². The molecule has 1 aliphatic rings. The van der Waals surface area contributed by atoms with E-state index >= 15 is 0 Å². The number of nitrogens with zero attached hydrogens (tertiary/aromatic N) is 4. The minimum Gasteiger partial charge on any atom is -0.480 e. The zero-order valence-corrected chi connectivity index (χ0v) is 13.8. The van der Waals surface area contributed by atoms with Gasteiger partial charge < -0.3 is 14.6 Å². The number of benzene rings is 1. The number of carbonyl (C=O) groups is 2. The van der Waals surface area contributed by atoms with Gasteiger partial charge in [-0.25, -0.2) is 9.18 Å². The molecule has 1 unspecified atom stereocenters. The van der Waals surface area contributed by atoms with Gasteiger partial charge in [0.2, 0.25) is 0 Å². The van der Waals surface area contributed by atoms with Crippen molar-refractivity contribution < 1.29 is 19.1 Å². The van der Waals surface area contributed by atoms with Crippen LogP contribution < -0.4 is 0 Å². The van der Waals surface area contributed by atoms with E-state index in [4.69, 9.17) is 23.2 Å². The molecule has 1 amide bonds. The predicted molar refractivity (Wildman–Crippen MR) is 82.5 cm³/mol. The van der Waals surface area contributed by atoms with E-state index in [0.717, 1.165) is 17.0 Å². The minimum atomic E-state index is -1.19. The predicted octanol–water partition coefficient (Wildman–Crippen LogP) is 2.14. The number of hydrogen-bond acceptors (Lipinski definition) is 4. The van der Waals surface area contributed by atoms with Crippen molar-refractivity contribution in [3.05, 3.63) is 45.2 Å². The Morgan fingerprint density at radius 2 is 2.00 bits per heavy atom. The van der Waals surface area contributed by atoms with Gasteiger partial charge in [0.15, 0.2) is 5.82 Å². The fourth-order valence-corrected chi connectivity index (χ4v) is 3.04. The lowest BCUT2D eigenvalue weighted by Crippen LogP contribution is -2.50. The highest BCUT2D eigenvalue weighted by Gasteiger charge is 2.37.